The van der Waals surface area contributed by atoms with Crippen LogP contribution in [0.3, 0.4) is 0 Å². The minimum absolute atomic E-state index is 0.232. The van der Waals surface area contributed by atoms with Crippen molar-refractivity contribution in [3.05, 3.63) is 29.3 Å². The summed E-state index contributed by atoms with van der Waals surface area (Å²) in [5.74, 6) is 0.626. The number of aliphatic hydroxyl groups is 1. The standard InChI is InChI=1S/C14H21NO/c1-10(2)15-9-11(3)13-5-4-12(6-7-16)8-14(13)15/h4-5,8,10-11,16H,6-7,9H2,1-3H3. The van der Waals surface area contributed by atoms with Crippen LogP contribution in [0.2, 0.25) is 0 Å². The Morgan fingerprint density at radius 2 is 2.19 bits per heavy atom. The molecule has 1 aliphatic rings. The monoisotopic (exact) mass is 219 g/mol. The van der Waals surface area contributed by atoms with E-state index in [4.69, 9.17) is 5.11 Å². The summed E-state index contributed by atoms with van der Waals surface area (Å²) in [6.07, 6.45) is 0.758. The number of hydrogen-bond donors (Lipinski definition) is 1. The molecule has 0 saturated carbocycles. The average Bonchev–Trinajstić information content (AvgIpc) is 2.57. The zero-order valence-electron chi connectivity index (χ0n) is 10.4. The zero-order chi connectivity index (χ0) is 11.7. The van der Waals surface area contributed by atoms with Gasteiger partial charge in [0.05, 0.1) is 0 Å². The summed E-state index contributed by atoms with van der Waals surface area (Å²) < 4.78 is 0. The SMILES string of the molecule is CC1CN(C(C)C)c2cc(CCO)ccc21. The van der Waals surface area contributed by atoms with E-state index in [0.717, 1.165) is 13.0 Å². The molecule has 1 unspecified atom stereocenters. The van der Waals surface area contributed by atoms with Crippen LogP contribution in [0, 0.1) is 0 Å². The van der Waals surface area contributed by atoms with Crippen molar-refractivity contribution >= 4 is 5.69 Å². The first-order valence-corrected chi connectivity index (χ1v) is 6.13. The molecule has 2 rings (SSSR count). The Kier molecular flexibility index (Phi) is 3.20. The molecule has 1 N–H and O–H groups in total. The van der Waals surface area contributed by atoms with E-state index in [1.807, 2.05) is 0 Å². The fraction of sp³-hybridized carbons (Fsp3) is 0.571. The Hall–Kier alpha value is -1.02. The second-order valence-electron chi connectivity index (χ2n) is 5.01. The molecule has 0 bridgehead atoms. The van der Waals surface area contributed by atoms with Crippen LogP contribution >= 0.6 is 0 Å². The largest absolute Gasteiger partial charge is 0.396 e. The Morgan fingerprint density at radius 1 is 1.44 bits per heavy atom. The van der Waals surface area contributed by atoms with Crippen LogP contribution in [0.15, 0.2) is 18.2 Å². The summed E-state index contributed by atoms with van der Waals surface area (Å²) >= 11 is 0. The van der Waals surface area contributed by atoms with Crippen molar-refractivity contribution < 1.29 is 5.11 Å². The molecule has 0 radical (unpaired) electrons. The van der Waals surface area contributed by atoms with Crippen LogP contribution in [-0.4, -0.2) is 24.3 Å². The second kappa shape index (κ2) is 4.46. The molecule has 0 amide bonds. The maximum Gasteiger partial charge on any atom is 0.0471 e. The second-order valence-corrected chi connectivity index (χ2v) is 5.01. The highest BCUT2D eigenvalue weighted by molar-refractivity contribution is 5.62. The lowest BCUT2D eigenvalue weighted by Crippen LogP contribution is -2.29. The van der Waals surface area contributed by atoms with Crippen LogP contribution in [0.4, 0.5) is 5.69 Å². The van der Waals surface area contributed by atoms with Crippen LogP contribution in [-0.2, 0) is 6.42 Å². The summed E-state index contributed by atoms with van der Waals surface area (Å²) in [5.41, 5.74) is 4.06. The van der Waals surface area contributed by atoms with Gasteiger partial charge in [-0.15, -0.1) is 0 Å². The molecule has 1 heterocycles. The van der Waals surface area contributed by atoms with Gasteiger partial charge in [-0.2, -0.15) is 0 Å². The van der Waals surface area contributed by atoms with E-state index in [9.17, 15) is 0 Å². The number of benzene rings is 1. The van der Waals surface area contributed by atoms with E-state index in [-0.39, 0.29) is 6.61 Å². The molecule has 0 fully saturated rings. The normalized spacial score (nSPS) is 19.3. The van der Waals surface area contributed by atoms with Crippen molar-refractivity contribution in [2.45, 2.75) is 39.2 Å². The minimum atomic E-state index is 0.232. The molecular formula is C14H21NO. The van der Waals surface area contributed by atoms with E-state index >= 15 is 0 Å². The molecule has 0 spiro atoms. The third kappa shape index (κ3) is 1.94. The van der Waals surface area contributed by atoms with Gasteiger partial charge in [0.15, 0.2) is 0 Å². The summed E-state index contributed by atoms with van der Waals surface area (Å²) in [6.45, 7) is 8.11. The number of anilines is 1. The molecule has 1 aromatic carbocycles. The van der Waals surface area contributed by atoms with E-state index in [1.54, 1.807) is 0 Å². The van der Waals surface area contributed by atoms with Gasteiger partial charge in [0, 0.05) is 30.8 Å². The lowest BCUT2D eigenvalue weighted by molar-refractivity contribution is 0.299. The molecule has 1 aliphatic heterocycles. The van der Waals surface area contributed by atoms with Crippen LogP contribution < -0.4 is 4.90 Å². The van der Waals surface area contributed by atoms with Crippen molar-refractivity contribution in [1.82, 2.24) is 0 Å². The molecule has 2 heteroatoms. The van der Waals surface area contributed by atoms with Gasteiger partial charge in [0.1, 0.15) is 0 Å². The topological polar surface area (TPSA) is 23.5 Å². The van der Waals surface area contributed by atoms with Crippen molar-refractivity contribution in [3.63, 3.8) is 0 Å². The number of rotatable bonds is 3. The van der Waals surface area contributed by atoms with Gasteiger partial charge >= 0.3 is 0 Å². The molecule has 0 aromatic heterocycles. The molecule has 16 heavy (non-hydrogen) atoms. The first kappa shape index (κ1) is 11.5. The van der Waals surface area contributed by atoms with Gasteiger partial charge in [0.2, 0.25) is 0 Å². The Morgan fingerprint density at radius 3 is 2.81 bits per heavy atom. The van der Waals surface area contributed by atoms with Crippen LogP contribution in [0.25, 0.3) is 0 Å². The zero-order valence-corrected chi connectivity index (χ0v) is 10.4. The van der Waals surface area contributed by atoms with Gasteiger partial charge in [-0.1, -0.05) is 19.1 Å². The number of fused-ring (bicyclic) bond motifs is 1. The van der Waals surface area contributed by atoms with E-state index < -0.39 is 0 Å². The predicted octanol–water partition coefficient (Wildman–Crippen LogP) is 2.55. The molecule has 88 valence electrons. The fourth-order valence-corrected chi connectivity index (χ4v) is 2.52. The van der Waals surface area contributed by atoms with Crippen molar-refractivity contribution in [2.75, 3.05) is 18.1 Å². The molecule has 0 saturated heterocycles. The molecule has 2 nitrogen and oxygen atoms in total. The van der Waals surface area contributed by atoms with Crippen molar-refractivity contribution in [3.8, 4) is 0 Å². The third-order valence-corrected chi connectivity index (χ3v) is 3.43. The van der Waals surface area contributed by atoms with Gasteiger partial charge in [-0.25, -0.2) is 0 Å². The maximum absolute atomic E-state index is 8.98. The first-order valence-electron chi connectivity index (χ1n) is 6.13. The van der Waals surface area contributed by atoms with Crippen LogP contribution in [0.1, 0.15) is 37.8 Å². The molecular weight excluding hydrogens is 198 g/mol. The summed E-state index contributed by atoms with van der Waals surface area (Å²) in [7, 11) is 0. The molecule has 1 aromatic rings. The number of hydrogen-bond acceptors (Lipinski definition) is 2. The molecule has 0 aliphatic carbocycles. The van der Waals surface area contributed by atoms with Crippen molar-refractivity contribution in [2.24, 2.45) is 0 Å². The summed E-state index contributed by atoms with van der Waals surface area (Å²) in [5, 5.41) is 8.98. The number of aliphatic hydroxyl groups excluding tert-OH is 1. The minimum Gasteiger partial charge on any atom is -0.396 e. The Labute approximate surface area is 97.9 Å². The summed E-state index contributed by atoms with van der Waals surface area (Å²) in [4.78, 5) is 2.46. The van der Waals surface area contributed by atoms with E-state index in [1.165, 1.54) is 16.8 Å². The van der Waals surface area contributed by atoms with Crippen LogP contribution in [0.5, 0.6) is 0 Å². The van der Waals surface area contributed by atoms with Gasteiger partial charge in [-0.05, 0) is 37.5 Å². The highest BCUT2D eigenvalue weighted by atomic mass is 16.2. The Balaban J connectivity index is 2.35. The van der Waals surface area contributed by atoms with E-state index in [0.29, 0.717) is 12.0 Å². The summed E-state index contributed by atoms with van der Waals surface area (Å²) in [6, 6.07) is 7.17. The average molecular weight is 219 g/mol. The number of nitrogens with zero attached hydrogens (tertiary/aromatic N) is 1. The predicted molar refractivity (Wildman–Crippen MR) is 68.1 cm³/mol. The van der Waals surface area contributed by atoms with Gasteiger partial charge in [-0.3, -0.25) is 0 Å². The van der Waals surface area contributed by atoms with Gasteiger partial charge < -0.3 is 10.0 Å². The smallest absolute Gasteiger partial charge is 0.0471 e. The third-order valence-electron chi connectivity index (χ3n) is 3.43. The maximum atomic E-state index is 8.98. The lowest BCUT2D eigenvalue weighted by atomic mass is 10.0. The molecule has 1 atom stereocenters. The first-order chi connectivity index (χ1) is 7.63. The van der Waals surface area contributed by atoms with Crippen molar-refractivity contribution in [1.29, 1.82) is 0 Å². The highest BCUT2D eigenvalue weighted by Gasteiger charge is 2.26. The van der Waals surface area contributed by atoms with Gasteiger partial charge in [0.25, 0.3) is 0 Å². The lowest BCUT2D eigenvalue weighted by Gasteiger charge is -2.24. The fourth-order valence-electron chi connectivity index (χ4n) is 2.52. The highest BCUT2D eigenvalue weighted by Crippen LogP contribution is 2.37. The Bertz CT molecular complexity index is 373. The van der Waals surface area contributed by atoms with E-state index in [2.05, 4.69) is 43.9 Å². The quantitative estimate of drug-likeness (QED) is 0.844.